The Morgan fingerprint density at radius 2 is 1.65 bits per heavy atom. The lowest BCUT2D eigenvalue weighted by Crippen LogP contribution is -2.53. The van der Waals surface area contributed by atoms with E-state index in [1.165, 1.54) is 40.1 Å². The molecule has 13 nitrogen and oxygen atoms in total. The molecule has 0 saturated carbocycles. The summed E-state index contributed by atoms with van der Waals surface area (Å²) in [6.07, 6.45) is 2.29. The van der Waals surface area contributed by atoms with Crippen molar-refractivity contribution in [3.8, 4) is 23.0 Å². The van der Waals surface area contributed by atoms with Crippen molar-refractivity contribution in [1.82, 2.24) is 4.90 Å². The number of benzene rings is 2. The van der Waals surface area contributed by atoms with Crippen molar-refractivity contribution in [3.63, 3.8) is 0 Å². The molecule has 0 spiro atoms. The van der Waals surface area contributed by atoms with Crippen molar-refractivity contribution in [2.45, 2.75) is 84.5 Å². The van der Waals surface area contributed by atoms with Gasteiger partial charge in [-0.3, -0.25) is 9.59 Å². The average molecular weight is 726 g/mol. The van der Waals surface area contributed by atoms with Crippen molar-refractivity contribution in [1.29, 1.82) is 0 Å². The fraction of sp³-hybridized carbons (Fsp3) is 0.513. The highest BCUT2D eigenvalue weighted by Gasteiger charge is 2.42. The van der Waals surface area contributed by atoms with E-state index < -0.39 is 52.8 Å². The fourth-order valence-electron chi connectivity index (χ4n) is 5.69. The number of amides is 1. The first-order valence-electron chi connectivity index (χ1n) is 17.1. The number of rotatable bonds is 17. The van der Waals surface area contributed by atoms with Crippen molar-refractivity contribution >= 4 is 29.6 Å². The van der Waals surface area contributed by atoms with E-state index in [-0.39, 0.29) is 26.2 Å². The van der Waals surface area contributed by atoms with Crippen LogP contribution in [0.2, 0.25) is 0 Å². The molecule has 52 heavy (non-hydrogen) atoms. The van der Waals surface area contributed by atoms with E-state index in [9.17, 15) is 24.0 Å². The molecular weight excluding hydrogens is 674 g/mol. The van der Waals surface area contributed by atoms with E-state index in [4.69, 9.17) is 33.2 Å². The Hall–Kier alpha value is -5.07. The third-order valence-electron chi connectivity index (χ3n) is 8.31. The highest BCUT2D eigenvalue weighted by molar-refractivity contribution is 6.38. The minimum absolute atomic E-state index is 0.175. The van der Waals surface area contributed by atoms with E-state index >= 15 is 0 Å². The molecule has 0 aromatic heterocycles. The highest BCUT2D eigenvalue weighted by Crippen LogP contribution is 2.41. The lowest BCUT2D eigenvalue weighted by molar-refractivity contribution is -0.165. The molecular formula is C39H51NO12. The number of carbonyl (C=O) groups excluding carboxylic acids is 5. The number of esters is 3. The normalized spacial score (nSPS) is 15.1. The molecule has 0 bridgehead atoms. The third-order valence-corrected chi connectivity index (χ3v) is 8.31. The lowest BCUT2D eigenvalue weighted by Gasteiger charge is -2.36. The molecule has 1 saturated heterocycles. The summed E-state index contributed by atoms with van der Waals surface area (Å²) in [5.74, 6) is -1.87. The maximum absolute atomic E-state index is 14.0. The Morgan fingerprint density at radius 3 is 2.29 bits per heavy atom. The van der Waals surface area contributed by atoms with Crippen LogP contribution in [0.1, 0.15) is 77.5 Å². The molecule has 2 atom stereocenters. The molecule has 0 unspecified atom stereocenters. The molecule has 0 N–H and O–H groups in total. The number of hydrogen-bond acceptors (Lipinski definition) is 12. The summed E-state index contributed by atoms with van der Waals surface area (Å²) < 4.78 is 39.0. The molecule has 1 aliphatic rings. The van der Waals surface area contributed by atoms with Crippen LogP contribution >= 0.6 is 0 Å². The number of hydrogen-bond donors (Lipinski definition) is 0. The number of aryl methyl sites for hydroxylation is 1. The number of Topliss-reactive ketones (excluding diaryl/α,β-unsaturated/α-hetero) is 1. The monoisotopic (exact) mass is 725 g/mol. The second-order valence-electron chi connectivity index (χ2n) is 13.9. The second kappa shape index (κ2) is 18.4. The van der Waals surface area contributed by atoms with Crippen molar-refractivity contribution < 1.29 is 57.1 Å². The maximum Gasteiger partial charge on any atom is 0.344 e. The van der Waals surface area contributed by atoms with Crippen LogP contribution in [0.15, 0.2) is 49.1 Å². The van der Waals surface area contributed by atoms with Gasteiger partial charge in [-0.25, -0.2) is 14.4 Å². The summed E-state index contributed by atoms with van der Waals surface area (Å²) in [5, 5.41) is 0. The van der Waals surface area contributed by atoms with Gasteiger partial charge in [-0.05, 0) is 96.0 Å². The molecule has 0 aliphatic carbocycles. The number of likely N-dealkylation sites (tertiary alicyclic amines) is 1. The minimum atomic E-state index is -1.34. The van der Waals surface area contributed by atoms with E-state index in [0.717, 1.165) is 11.6 Å². The van der Waals surface area contributed by atoms with Gasteiger partial charge in [-0.1, -0.05) is 24.8 Å². The quantitative estimate of drug-likeness (QED) is 0.0894. The van der Waals surface area contributed by atoms with E-state index in [2.05, 4.69) is 6.58 Å². The molecule has 2 aromatic carbocycles. The van der Waals surface area contributed by atoms with Crippen LogP contribution in [0.25, 0.3) is 0 Å². The summed E-state index contributed by atoms with van der Waals surface area (Å²) >= 11 is 0. The molecule has 1 amide bonds. The van der Waals surface area contributed by atoms with Gasteiger partial charge in [0.2, 0.25) is 11.5 Å². The smallest absolute Gasteiger partial charge is 0.344 e. The standard InChI is InChI=1S/C39H51NO12/c1-10-31(41)50-24-39(5,6)35(43)36(44)40-21-12-11-16-28(40)37(45)51-29(19-17-25-18-20-30(46-7)34(48-9)33(25)47-8)26-14-13-15-27(22-26)49-23-32(42)52-38(2,3)4/h10,13-15,18,20,22,28-29H,1,11-12,16-17,19,21,23-24H2,2-9H3/t28-,29+/m0/s1. The van der Waals surface area contributed by atoms with Crippen LogP contribution in [-0.2, 0) is 44.6 Å². The average Bonchev–Trinajstić information content (AvgIpc) is 3.12. The van der Waals surface area contributed by atoms with Gasteiger partial charge in [-0.2, -0.15) is 0 Å². The zero-order valence-corrected chi connectivity index (χ0v) is 31.4. The summed E-state index contributed by atoms with van der Waals surface area (Å²) in [4.78, 5) is 66.2. The first kappa shape index (κ1) is 41.4. The Labute approximate surface area is 305 Å². The molecule has 13 heteroatoms. The fourth-order valence-corrected chi connectivity index (χ4v) is 5.69. The Morgan fingerprint density at radius 1 is 0.942 bits per heavy atom. The van der Waals surface area contributed by atoms with Crippen LogP contribution < -0.4 is 18.9 Å². The molecule has 0 radical (unpaired) electrons. The van der Waals surface area contributed by atoms with Gasteiger partial charge in [0.25, 0.3) is 5.91 Å². The van der Waals surface area contributed by atoms with Crippen LogP contribution in [0.3, 0.4) is 0 Å². The number of carbonyl (C=O) groups is 5. The Bertz CT molecular complexity index is 1610. The maximum atomic E-state index is 14.0. The van der Waals surface area contributed by atoms with E-state index in [0.29, 0.717) is 54.2 Å². The minimum Gasteiger partial charge on any atom is -0.493 e. The molecule has 284 valence electrons. The summed E-state index contributed by atoms with van der Waals surface area (Å²) in [6, 6.07) is 9.39. The molecule has 1 heterocycles. The number of methoxy groups -OCH3 is 3. The summed E-state index contributed by atoms with van der Waals surface area (Å²) in [7, 11) is 4.55. The predicted octanol–water partition coefficient (Wildman–Crippen LogP) is 5.36. The van der Waals surface area contributed by atoms with Crippen LogP contribution in [0, 0.1) is 5.41 Å². The Kier molecular flexibility index (Phi) is 14.7. The molecule has 2 aromatic rings. The van der Waals surface area contributed by atoms with Crippen molar-refractivity contribution in [2.24, 2.45) is 5.41 Å². The topological polar surface area (TPSA) is 153 Å². The van der Waals surface area contributed by atoms with Gasteiger partial charge in [0.15, 0.2) is 18.1 Å². The number of piperidine rings is 1. The largest absolute Gasteiger partial charge is 0.493 e. The third kappa shape index (κ3) is 11.2. The summed E-state index contributed by atoms with van der Waals surface area (Å²) in [6.45, 7) is 11.1. The number of ketones is 1. The zero-order chi connectivity index (χ0) is 38.6. The SMILES string of the molecule is C=CC(=O)OCC(C)(C)C(=O)C(=O)N1CCCC[C@H]1C(=O)O[C@H](CCc1ccc(OC)c(OC)c1OC)c1cccc(OCC(=O)OC(C)(C)C)c1. The van der Waals surface area contributed by atoms with Gasteiger partial charge < -0.3 is 38.1 Å². The number of ether oxygens (including phenoxy) is 7. The molecule has 3 rings (SSSR count). The van der Waals surface area contributed by atoms with Crippen LogP contribution in [0.4, 0.5) is 0 Å². The first-order chi connectivity index (χ1) is 24.5. The van der Waals surface area contributed by atoms with Crippen LogP contribution in [0.5, 0.6) is 23.0 Å². The predicted molar refractivity (Wildman–Crippen MR) is 190 cm³/mol. The first-order valence-corrected chi connectivity index (χ1v) is 17.1. The lowest BCUT2D eigenvalue weighted by atomic mass is 9.87. The molecule has 1 fully saturated rings. The summed E-state index contributed by atoms with van der Waals surface area (Å²) in [5.41, 5.74) is -0.690. The second-order valence-corrected chi connectivity index (χ2v) is 13.9. The van der Waals surface area contributed by atoms with E-state index in [1.807, 2.05) is 6.07 Å². The van der Waals surface area contributed by atoms with Gasteiger partial charge in [0.05, 0.1) is 26.7 Å². The Balaban J connectivity index is 1.91. The highest BCUT2D eigenvalue weighted by atomic mass is 16.6. The van der Waals surface area contributed by atoms with E-state index in [1.54, 1.807) is 51.1 Å². The van der Waals surface area contributed by atoms with Gasteiger partial charge >= 0.3 is 17.9 Å². The molecule has 1 aliphatic heterocycles. The zero-order valence-electron chi connectivity index (χ0n) is 31.4. The van der Waals surface area contributed by atoms with Crippen molar-refractivity contribution in [3.05, 3.63) is 60.2 Å². The van der Waals surface area contributed by atoms with Gasteiger partial charge in [0, 0.05) is 12.6 Å². The van der Waals surface area contributed by atoms with Gasteiger partial charge in [0.1, 0.15) is 30.1 Å². The van der Waals surface area contributed by atoms with Crippen molar-refractivity contribution in [2.75, 3.05) is 41.1 Å². The van der Waals surface area contributed by atoms with Crippen LogP contribution in [-0.4, -0.2) is 87.2 Å². The van der Waals surface area contributed by atoms with Gasteiger partial charge in [-0.15, -0.1) is 0 Å². The number of nitrogens with zero attached hydrogens (tertiary/aromatic N) is 1.